The van der Waals surface area contributed by atoms with Crippen LogP contribution in [0.4, 0.5) is 0 Å². The summed E-state index contributed by atoms with van der Waals surface area (Å²) >= 11 is 0. The van der Waals surface area contributed by atoms with Gasteiger partial charge in [-0.05, 0) is 58.0 Å². The van der Waals surface area contributed by atoms with E-state index in [0.717, 1.165) is 33.6 Å². The van der Waals surface area contributed by atoms with Crippen LogP contribution in [0.25, 0.3) is 0 Å². The van der Waals surface area contributed by atoms with E-state index in [2.05, 4.69) is 30.7 Å². The van der Waals surface area contributed by atoms with Crippen molar-refractivity contribution in [3.05, 3.63) is 93.6 Å². The normalized spacial score (nSPS) is 22.2. The number of piperazine rings is 1. The molecule has 1 fully saturated rings. The molecular weight excluding hydrogens is 660 g/mol. The molecule has 0 radical (unpaired) electrons. The fraction of sp³-hybridized carbons (Fsp3) is 0.425. The van der Waals surface area contributed by atoms with Gasteiger partial charge in [-0.3, -0.25) is 24.7 Å². The lowest BCUT2D eigenvalue weighted by molar-refractivity contribution is -0.0798. The first-order chi connectivity index (χ1) is 25.2. The Kier molecular flexibility index (Phi) is 9.61. The van der Waals surface area contributed by atoms with E-state index in [0.29, 0.717) is 66.6 Å². The maximum absolute atomic E-state index is 12.2. The van der Waals surface area contributed by atoms with Crippen molar-refractivity contribution in [2.45, 2.75) is 70.0 Å². The first-order valence-electron chi connectivity index (χ1n) is 17.5. The molecule has 3 aliphatic rings. The highest BCUT2D eigenvalue weighted by Crippen LogP contribution is 2.59. The number of phenolic OH excluding ortho intramolecular Hbond substituents is 2. The first kappa shape index (κ1) is 35.3. The van der Waals surface area contributed by atoms with Gasteiger partial charge in [0.25, 0.3) is 0 Å². The highest BCUT2D eigenvalue weighted by molar-refractivity contribution is 5.67. The van der Waals surface area contributed by atoms with E-state index in [1.807, 2.05) is 57.3 Å². The summed E-state index contributed by atoms with van der Waals surface area (Å²) in [6.45, 7) is 5.19. The zero-order chi connectivity index (χ0) is 36.8. The molecule has 5 heterocycles. The number of ether oxygens (including phenoxy) is 4. The minimum absolute atomic E-state index is 0.0397. The van der Waals surface area contributed by atoms with Crippen molar-refractivity contribution >= 4 is 0 Å². The second-order valence-electron chi connectivity index (χ2n) is 13.9. The van der Waals surface area contributed by atoms with E-state index < -0.39 is 12.1 Å². The van der Waals surface area contributed by atoms with Gasteiger partial charge >= 0.3 is 0 Å². The third-order valence-electron chi connectivity index (χ3n) is 11.3. The van der Waals surface area contributed by atoms with Gasteiger partial charge in [0.1, 0.15) is 17.5 Å². The molecule has 5 atom stereocenters. The summed E-state index contributed by atoms with van der Waals surface area (Å²) in [6, 6.07) is 12.4. The minimum atomic E-state index is -0.587. The average Bonchev–Trinajstić information content (AvgIpc) is 3.14. The van der Waals surface area contributed by atoms with Crippen LogP contribution in [-0.4, -0.2) is 95.0 Å². The highest BCUT2D eigenvalue weighted by Gasteiger charge is 2.57. The quantitative estimate of drug-likeness (QED) is 0.229. The number of aromatic hydroxyl groups is 2. The molecule has 1 saturated heterocycles. The highest BCUT2D eigenvalue weighted by atomic mass is 16.5. The molecule has 0 amide bonds. The summed E-state index contributed by atoms with van der Waals surface area (Å²) in [5.41, 5.74) is 6.33. The molecule has 3 aliphatic heterocycles. The number of hydrogen-bond donors (Lipinski definition) is 2. The fourth-order valence-electron chi connectivity index (χ4n) is 9.26. The monoisotopic (exact) mass is 706 g/mol. The molecule has 12 heteroatoms. The predicted octanol–water partition coefficient (Wildman–Crippen LogP) is 5.01. The van der Waals surface area contributed by atoms with Crippen molar-refractivity contribution < 1.29 is 29.2 Å². The van der Waals surface area contributed by atoms with E-state index in [-0.39, 0.29) is 29.6 Å². The van der Waals surface area contributed by atoms with E-state index in [1.54, 1.807) is 40.8 Å². The topological polar surface area (TPSA) is 137 Å². The van der Waals surface area contributed by atoms with Gasteiger partial charge < -0.3 is 29.2 Å². The molecule has 52 heavy (non-hydrogen) atoms. The van der Waals surface area contributed by atoms with Gasteiger partial charge in [-0.1, -0.05) is 12.1 Å². The Labute approximate surface area is 304 Å². The molecule has 2 N–H and O–H groups in total. The van der Waals surface area contributed by atoms with Crippen molar-refractivity contribution in [2.24, 2.45) is 0 Å². The van der Waals surface area contributed by atoms with Gasteiger partial charge in [-0.25, -0.2) is 0 Å². The van der Waals surface area contributed by atoms with E-state index in [4.69, 9.17) is 18.9 Å². The summed E-state index contributed by atoms with van der Waals surface area (Å²) in [5, 5.41) is 35.3. The third kappa shape index (κ3) is 5.55. The van der Waals surface area contributed by atoms with Crippen molar-refractivity contribution in [2.75, 3.05) is 42.0 Å². The number of rotatable bonds is 10. The lowest BCUT2D eigenvalue weighted by Crippen LogP contribution is -2.68. The van der Waals surface area contributed by atoms with Crippen LogP contribution in [0.5, 0.6) is 34.5 Å². The molecule has 12 nitrogen and oxygen atoms in total. The van der Waals surface area contributed by atoms with E-state index in [1.165, 1.54) is 0 Å². The number of aromatic nitrogens is 2. The number of phenols is 2. The lowest BCUT2D eigenvalue weighted by Gasteiger charge is -2.60. The van der Waals surface area contributed by atoms with Crippen LogP contribution in [0.3, 0.4) is 0 Å². The number of benzene rings is 2. The van der Waals surface area contributed by atoms with Crippen molar-refractivity contribution in [1.82, 2.24) is 24.7 Å². The third-order valence-corrected chi connectivity index (χ3v) is 11.3. The molecule has 2 bridgehead atoms. The zero-order valence-electron chi connectivity index (χ0n) is 30.8. The van der Waals surface area contributed by atoms with Crippen molar-refractivity contribution in [1.29, 1.82) is 5.26 Å². The Morgan fingerprint density at radius 3 is 1.75 bits per heavy atom. The number of fused-ring (bicyclic) bond motifs is 7. The van der Waals surface area contributed by atoms with Crippen LogP contribution in [0, 0.1) is 25.2 Å². The van der Waals surface area contributed by atoms with Crippen LogP contribution in [-0.2, 0) is 25.9 Å². The lowest BCUT2D eigenvalue weighted by atomic mass is 9.71. The molecular formula is C40H46N6O6. The summed E-state index contributed by atoms with van der Waals surface area (Å²) in [5.74, 6) is 2.13. The van der Waals surface area contributed by atoms with Crippen LogP contribution < -0.4 is 18.9 Å². The Morgan fingerprint density at radius 2 is 1.27 bits per heavy atom. The van der Waals surface area contributed by atoms with Crippen molar-refractivity contribution in [3.63, 3.8) is 0 Å². The number of nitriles is 1. The number of likely N-dealkylation sites (N-methyl/N-ethyl adjacent to an activating group) is 1. The predicted molar refractivity (Wildman–Crippen MR) is 194 cm³/mol. The Morgan fingerprint density at radius 1 is 0.769 bits per heavy atom. The van der Waals surface area contributed by atoms with Crippen LogP contribution in [0.1, 0.15) is 56.9 Å². The first-order valence-corrected chi connectivity index (χ1v) is 17.5. The Bertz CT molecular complexity index is 1960. The number of hydrogen-bond acceptors (Lipinski definition) is 12. The fourth-order valence-corrected chi connectivity index (χ4v) is 9.26. The number of methoxy groups -OCH3 is 4. The molecule has 0 unspecified atom stereocenters. The largest absolute Gasteiger partial charge is 0.504 e. The van der Waals surface area contributed by atoms with Gasteiger partial charge in [-0.15, -0.1) is 0 Å². The maximum Gasteiger partial charge on any atom is 0.167 e. The van der Waals surface area contributed by atoms with Gasteiger partial charge in [0.05, 0.1) is 58.0 Å². The molecule has 0 aliphatic carbocycles. The average molecular weight is 707 g/mol. The smallest absolute Gasteiger partial charge is 0.167 e. The van der Waals surface area contributed by atoms with Gasteiger partial charge in [0.15, 0.2) is 23.0 Å². The molecule has 2 aromatic heterocycles. The molecule has 2 aromatic carbocycles. The minimum Gasteiger partial charge on any atom is -0.504 e. The summed E-state index contributed by atoms with van der Waals surface area (Å²) in [4.78, 5) is 16.1. The second-order valence-corrected chi connectivity index (χ2v) is 13.9. The molecule has 0 saturated carbocycles. The zero-order valence-corrected chi connectivity index (χ0v) is 30.8. The Hall–Kier alpha value is -5.09. The van der Waals surface area contributed by atoms with Crippen LogP contribution in [0.2, 0.25) is 0 Å². The van der Waals surface area contributed by atoms with Crippen LogP contribution in [0.15, 0.2) is 48.8 Å². The summed E-state index contributed by atoms with van der Waals surface area (Å²) in [6.07, 6.45) is 4.48. The second kappa shape index (κ2) is 14.1. The molecule has 0 spiro atoms. The standard InChI is InChI=1S/C40H46N6O6/c1-22-37(49-4)26-17-29-34-33-27(38(50-5)23(2)40(52-7)36(33)48)16-28(44(34)3)30(18-41)46(29)31(32(26)35(47)39(22)51-6)21-45(19-24-12-8-10-14-42-24)20-25-13-9-11-15-43-25/h8-15,28-31,34,47-48H,16-17,19-21H2,1-7H3/t28-,29-,30-,31-,34-/m0/s1. The summed E-state index contributed by atoms with van der Waals surface area (Å²) < 4.78 is 23.7. The van der Waals surface area contributed by atoms with E-state index in [9.17, 15) is 15.5 Å². The van der Waals surface area contributed by atoms with Crippen molar-refractivity contribution in [3.8, 4) is 40.6 Å². The van der Waals surface area contributed by atoms with E-state index >= 15 is 0 Å². The maximum atomic E-state index is 12.2. The Balaban J connectivity index is 1.46. The number of pyridine rings is 2. The van der Waals surface area contributed by atoms with Gasteiger partial charge in [0.2, 0.25) is 0 Å². The molecule has 272 valence electrons. The number of nitrogens with zero attached hydrogens (tertiary/aromatic N) is 6. The van der Waals surface area contributed by atoms with Crippen LogP contribution >= 0.6 is 0 Å². The summed E-state index contributed by atoms with van der Waals surface area (Å²) in [7, 11) is 8.40. The molecule has 7 rings (SSSR count). The van der Waals surface area contributed by atoms with Gasteiger partial charge in [-0.2, -0.15) is 5.26 Å². The van der Waals surface area contributed by atoms with Gasteiger partial charge in [0, 0.05) is 77.5 Å². The SMILES string of the molecule is COc1c(C)c(OC)c2c(c1O)[C@@H]1[C@@H]3Cc4c(OC)c(C)c(OC)c(O)c4[C@H](CN(Cc4ccccn4)Cc4ccccn4)N3[C@@H](C#N)[C@H](C2)N1C. The molecule has 4 aromatic rings.